The van der Waals surface area contributed by atoms with Crippen molar-refractivity contribution >= 4 is 21.6 Å². The van der Waals surface area contributed by atoms with Crippen molar-refractivity contribution in [1.82, 2.24) is 9.79 Å². The Labute approximate surface area is 153 Å². The summed E-state index contributed by atoms with van der Waals surface area (Å²) in [6.07, 6.45) is 0. The lowest BCUT2D eigenvalue weighted by Crippen LogP contribution is -2.40. The summed E-state index contributed by atoms with van der Waals surface area (Å²) in [6, 6.07) is 16.0. The Balaban J connectivity index is 1.85. The summed E-state index contributed by atoms with van der Waals surface area (Å²) in [5.41, 5.74) is 1.73. The number of rotatable bonds is 5. The van der Waals surface area contributed by atoms with Gasteiger partial charge in [0.15, 0.2) is 0 Å². The molecule has 0 aliphatic carbocycles. The van der Waals surface area contributed by atoms with Gasteiger partial charge >= 0.3 is 0 Å². The van der Waals surface area contributed by atoms with Gasteiger partial charge in [-0.05, 0) is 30.2 Å². The maximum atomic E-state index is 13.0. The second-order valence-electron chi connectivity index (χ2n) is 6.18. The van der Waals surface area contributed by atoms with Crippen LogP contribution < -0.4 is 4.72 Å². The summed E-state index contributed by atoms with van der Waals surface area (Å²) in [5.74, 6) is 0. The molecule has 3 unspecified atom stereocenters. The van der Waals surface area contributed by atoms with Crippen molar-refractivity contribution in [3.8, 4) is 0 Å². The SMILES string of the molecule is CC(NS(=O)(=O)C1CON(C)C1c1cccc(Cl)c1)c1ccccc1. The summed E-state index contributed by atoms with van der Waals surface area (Å²) >= 11 is 6.07. The van der Waals surface area contributed by atoms with Gasteiger partial charge in [-0.2, -0.15) is 5.06 Å². The molecule has 134 valence electrons. The molecule has 1 aliphatic rings. The third-order valence-electron chi connectivity index (χ3n) is 4.42. The quantitative estimate of drug-likeness (QED) is 0.864. The van der Waals surface area contributed by atoms with Crippen molar-refractivity contribution in [2.45, 2.75) is 24.3 Å². The van der Waals surface area contributed by atoms with Crippen molar-refractivity contribution in [3.05, 3.63) is 70.7 Å². The minimum Gasteiger partial charge on any atom is -0.297 e. The van der Waals surface area contributed by atoms with E-state index in [0.717, 1.165) is 11.1 Å². The van der Waals surface area contributed by atoms with Gasteiger partial charge in [0.1, 0.15) is 5.25 Å². The van der Waals surface area contributed by atoms with Crippen LogP contribution in [0.1, 0.15) is 30.1 Å². The molecule has 1 saturated heterocycles. The standard InChI is InChI=1S/C18H21ClN2O3S/c1-13(14-7-4-3-5-8-14)20-25(22,23)17-12-24-21(2)18(17)15-9-6-10-16(19)11-15/h3-11,13,17-18,20H,12H2,1-2H3. The van der Waals surface area contributed by atoms with E-state index in [1.165, 1.54) is 0 Å². The first-order chi connectivity index (χ1) is 11.9. The van der Waals surface area contributed by atoms with Gasteiger partial charge < -0.3 is 0 Å². The lowest BCUT2D eigenvalue weighted by molar-refractivity contribution is -0.110. The molecule has 2 aromatic carbocycles. The Hall–Kier alpha value is -1.44. The normalized spacial score (nSPS) is 22.8. The Morgan fingerprint density at radius 2 is 1.92 bits per heavy atom. The number of hydrogen-bond acceptors (Lipinski definition) is 4. The van der Waals surface area contributed by atoms with Crippen LogP contribution in [0, 0.1) is 0 Å². The summed E-state index contributed by atoms with van der Waals surface area (Å²) < 4.78 is 28.7. The Morgan fingerprint density at radius 3 is 2.60 bits per heavy atom. The van der Waals surface area contributed by atoms with Crippen LogP contribution in [0.2, 0.25) is 5.02 Å². The number of nitrogens with zero attached hydrogens (tertiary/aromatic N) is 1. The van der Waals surface area contributed by atoms with E-state index < -0.39 is 21.3 Å². The number of halogens is 1. The van der Waals surface area contributed by atoms with Crippen molar-refractivity contribution in [2.24, 2.45) is 0 Å². The van der Waals surface area contributed by atoms with Crippen molar-refractivity contribution < 1.29 is 13.3 Å². The highest BCUT2D eigenvalue weighted by molar-refractivity contribution is 7.90. The van der Waals surface area contributed by atoms with Crippen LogP contribution in [-0.4, -0.2) is 32.4 Å². The second-order valence-corrected chi connectivity index (χ2v) is 8.54. The Bertz CT molecular complexity index is 829. The Morgan fingerprint density at radius 1 is 1.20 bits per heavy atom. The zero-order valence-electron chi connectivity index (χ0n) is 14.1. The molecule has 3 atom stereocenters. The molecular weight excluding hydrogens is 360 g/mol. The molecular formula is C18H21ClN2O3S. The molecule has 3 rings (SSSR count). The molecule has 0 amide bonds. The average Bonchev–Trinajstić information content (AvgIpc) is 2.98. The maximum Gasteiger partial charge on any atom is 0.219 e. The van der Waals surface area contributed by atoms with E-state index in [-0.39, 0.29) is 12.6 Å². The van der Waals surface area contributed by atoms with Gasteiger partial charge in [-0.15, -0.1) is 0 Å². The topological polar surface area (TPSA) is 58.6 Å². The summed E-state index contributed by atoms with van der Waals surface area (Å²) in [7, 11) is -1.87. The zero-order valence-corrected chi connectivity index (χ0v) is 15.7. The van der Waals surface area contributed by atoms with Gasteiger partial charge in [-0.3, -0.25) is 4.84 Å². The van der Waals surface area contributed by atoms with Gasteiger partial charge in [0.2, 0.25) is 10.0 Å². The van der Waals surface area contributed by atoms with Crippen LogP contribution in [0.25, 0.3) is 0 Å². The van der Waals surface area contributed by atoms with Gasteiger partial charge in [0, 0.05) is 18.1 Å². The van der Waals surface area contributed by atoms with Crippen molar-refractivity contribution in [1.29, 1.82) is 0 Å². The van der Waals surface area contributed by atoms with Gasteiger partial charge in [-0.25, -0.2) is 13.1 Å². The van der Waals surface area contributed by atoms with Crippen molar-refractivity contribution in [3.63, 3.8) is 0 Å². The highest BCUT2D eigenvalue weighted by atomic mass is 35.5. The molecule has 1 N–H and O–H groups in total. The van der Waals surface area contributed by atoms with Gasteiger partial charge in [0.05, 0.1) is 12.6 Å². The van der Waals surface area contributed by atoms with E-state index in [4.69, 9.17) is 16.4 Å². The molecule has 1 fully saturated rings. The van der Waals surface area contributed by atoms with Gasteiger partial charge in [-0.1, -0.05) is 54.1 Å². The molecule has 0 saturated carbocycles. The van der Waals surface area contributed by atoms with Crippen LogP contribution in [0.3, 0.4) is 0 Å². The fourth-order valence-corrected chi connectivity index (χ4v) is 5.02. The van der Waals surface area contributed by atoms with Crippen LogP contribution in [-0.2, 0) is 14.9 Å². The third kappa shape index (κ3) is 4.04. The van der Waals surface area contributed by atoms with E-state index in [9.17, 15) is 8.42 Å². The first-order valence-electron chi connectivity index (χ1n) is 8.06. The third-order valence-corrected chi connectivity index (χ3v) is 6.52. The fourth-order valence-electron chi connectivity index (χ4n) is 3.11. The van der Waals surface area contributed by atoms with Gasteiger partial charge in [0.25, 0.3) is 0 Å². The smallest absolute Gasteiger partial charge is 0.219 e. The predicted molar refractivity (Wildman–Crippen MR) is 98.6 cm³/mol. The van der Waals surface area contributed by atoms with E-state index in [2.05, 4.69) is 4.72 Å². The maximum absolute atomic E-state index is 13.0. The van der Waals surface area contributed by atoms with Crippen LogP contribution in [0.4, 0.5) is 0 Å². The van der Waals surface area contributed by atoms with Crippen molar-refractivity contribution in [2.75, 3.05) is 13.7 Å². The first kappa shape index (κ1) is 18.4. The largest absolute Gasteiger partial charge is 0.297 e. The lowest BCUT2D eigenvalue weighted by atomic mass is 10.0. The second kappa shape index (κ2) is 7.43. The summed E-state index contributed by atoms with van der Waals surface area (Å²) in [5, 5.41) is 1.43. The molecule has 0 bridgehead atoms. The number of benzene rings is 2. The molecule has 2 aromatic rings. The molecule has 1 heterocycles. The molecule has 0 radical (unpaired) electrons. The number of nitrogens with one attached hydrogen (secondary N) is 1. The van der Waals surface area contributed by atoms with E-state index in [1.807, 2.05) is 49.4 Å². The zero-order chi connectivity index (χ0) is 18.0. The van der Waals surface area contributed by atoms with Crippen LogP contribution >= 0.6 is 11.6 Å². The minimum absolute atomic E-state index is 0.102. The predicted octanol–water partition coefficient (Wildman–Crippen LogP) is 3.31. The highest BCUT2D eigenvalue weighted by Crippen LogP contribution is 2.34. The van der Waals surface area contributed by atoms with E-state index >= 15 is 0 Å². The van der Waals surface area contributed by atoms with Crippen LogP contribution in [0.15, 0.2) is 54.6 Å². The monoisotopic (exact) mass is 380 g/mol. The number of hydrogen-bond donors (Lipinski definition) is 1. The van der Waals surface area contributed by atoms with E-state index in [0.29, 0.717) is 5.02 Å². The fraction of sp³-hybridized carbons (Fsp3) is 0.333. The number of sulfonamides is 1. The van der Waals surface area contributed by atoms with E-state index in [1.54, 1.807) is 24.2 Å². The number of hydroxylamine groups is 2. The summed E-state index contributed by atoms with van der Waals surface area (Å²) in [4.78, 5) is 5.52. The minimum atomic E-state index is -3.61. The molecule has 5 nitrogen and oxygen atoms in total. The molecule has 0 aromatic heterocycles. The summed E-state index contributed by atoms with van der Waals surface area (Å²) in [6.45, 7) is 1.94. The first-order valence-corrected chi connectivity index (χ1v) is 9.98. The molecule has 25 heavy (non-hydrogen) atoms. The highest BCUT2D eigenvalue weighted by Gasteiger charge is 2.43. The molecule has 0 spiro atoms. The van der Waals surface area contributed by atoms with Crippen LogP contribution in [0.5, 0.6) is 0 Å². The molecule has 7 heteroatoms. The lowest BCUT2D eigenvalue weighted by Gasteiger charge is -2.24. The molecule has 1 aliphatic heterocycles. The average molecular weight is 381 g/mol. The Kier molecular flexibility index (Phi) is 5.46.